The number of fused-ring (bicyclic) bond motifs is 6. The maximum atomic E-state index is 9.67. The topological polar surface area (TPSA) is 81.2 Å². The highest BCUT2D eigenvalue weighted by Gasteiger charge is 2.17. The zero-order valence-corrected chi connectivity index (χ0v) is 23.4. The Balaban J connectivity index is 1.35. The van der Waals surface area contributed by atoms with Crippen LogP contribution >= 0.6 is 0 Å². The summed E-state index contributed by atoms with van der Waals surface area (Å²) in [5.41, 5.74) is 9.52. The predicted octanol–water partition coefficient (Wildman–Crippen LogP) is 9.16. The number of nitrogens with zero attached hydrogens (tertiary/aromatic N) is 5. The van der Waals surface area contributed by atoms with E-state index < -0.39 is 0 Å². The van der Waals surface area contributed by atoms with Crippen molar-refractivity contribution in [3.8, 4) is 40.7 Å². The van der Waals surface area contributed by atoms with Gasteiger partial charge in [0.2, 0.25) is 0 Å². The highest BCUT2D eigenvalue weighted by Crippen LogP contribution is 2.38. The fraction of sp³-hybridized carbons (Fsp3) is 0. The molecule has 2 aromatic heterocycles. The van der Waals surface area contributed by atoms with Crippen molar-refractivity contribution < 1.29 is 0 Å². The highest BCUT2D eigenvalue weighted by atomic mass is 15.0. The van der Waals surface area contributed by atoms with Crippen molar-refractivity contribution in [3.05, 3.63) is 144 Å². The van der Waals surface area contributed by atoms with Crippen molar-refractivity contribution in [2.75, 3.05) is 0 Å². The second kappa shape index (κ2) is 9.74. The fourth-order valence-electron chi connectivity index (χ4n) is 6.43. The lowest BCUT2D eigenvalue weighted by atomic mass is 10.0. The molecule has 0 fully saturated rings. The smallest absolute Gasteiger partial charge is 0.101 e. The quantitative estimate of drug-likeness (QED) is 0.216. The molecule has 0 spiro atoms. The zero-order valence-electron chi connectivity index (χ0n) is 23.4. The van der Waals surface area contributed by atoms with Gasteiger partial charge in [-0.1, -0.05) is 60.7 Å². The van der Waals surface area contributed by atoms with Crippen molar-refractivity contribution >= 4 is 43.6 Å². The van der Waals surface area contributed by atoms with Crippen LogP contribution in [0.5, 0.6) is 0 Å². The zero-order chi connectivity index (χ0) is 29.8. The minimum absolute atomic E-state index is 0.358. The summed E-state index contributed by atoms with van der Waals surface area (Å²) in [5.74, 6) is 0. The number of nitriles is 3. The lowest BCUT2D eigenvalue weighted by Gasteiger charge is -2.10. The van der Waals surface area contributed by atoms with Crippen LogP contribution in [0, 0.1) is 34.0 Å². The molecule has 0 saturated heterocycles. The van der Waals surface area contributed by atoms with Crippen molar-refractivity contribution in [1.82, 2.24) is 9.13 Å². The summed E-state index contributed by atoms with van der Waals surface area (Å²) >= 11 is 0. The van der Waals surface area contributed by atoms with Crippen molar-refractivity contribution in [3.63, 3.8) is 0 Å². The van der Waals surface area contributed by atoms with Crippen molar-refractivity contribution in [2.24, 2.45) is 0 Å². The van der Waals surface area contributed by atoms with E-state index in [1.165, 1.54) is 0 Å². The maximum Gasteiger partial charge on any atom is 0.101 e. The van der Waals surface area contributed by atoms with Crippen LogP contribution in [-0.4, -0.2) is 9.13 Å². The van der Waals surface area contributed by atoms with Gasteiger partial charge in [0.25, 0.3) is 0 Å². The van der Waals surface area contributed by atoms with E-state index in [9.17, 15) is 15.8 Å². The van der Waals surface area contributed by atoms with Gasteiger partial charge < -0.3 is 9.13 Å². The molecule has 202 valence electrons. The lowest BCUT2D eigenvalue weighted by Crippen LogP contribution is -1.96. The van der Waals surface area contributed by atoms with E-state index in [1.807, 2.05) is 48.5 Å². The Morgan fingerprint density at radius 3 is 1.75 bits per heavy atom. The van der Waals surface area contributed by atoms with Gasteiger partial charge in [0.15, 0.2) is 0 Å². The first-order chi connectivity index (χ1) is 21.7. The molecule has 0 N–H and O–H groups in total. The van der Waals surface area contributed by atoms with Gasteiger partial charge >= 0.3 is 0 Å². The van der Waals surface area contributed by atoms with Crippen LogP contribution in [0.25, 0.3) is 66.1 Å². The average molecular weight is 560 g/mol. The molecular formula is C39H21N5. The van der Waals surface area contributed by atoms with Gasteiger partial charge in [-0.3, -0.25) is 0 Å². The Bertz CT molecular complexity index is 2600. The highest BCUT2D eigenvalue weighted by molar-refractivity contribution is 6.12. The predicted molar refractivity (Wildman–Crippen MR) is 175 cm³/mol. The summed E-state index contributed by atoms with van der Waals surface area (Å²) < 4.78 is 4.39. The number of rotatable bonds is 3. The van der Waals surface area contributed by atoms with Gasteiger partial charge in [0.1, 0.15) is 12.1 Å². The van der Waals surface area contributed by atoms with Crippen molar-refractivity contribution in [1.29, 1.82) is 15.8 Å². The standard InChI is InChI=1S/C39H21N5/c40-22-25-6-5-7-30(18-25)44-36-10-3-1-8-32(36)34-16-13-27(21-39(34)44)26-14-17-38-35(20-26)33-9-2-4-11-37(33)43(38)31-15-12-28(23-41)29(19-31)24-42/h1-21H. The van der Waals surface area contributed by atoms with Crippen LogP contribution in [0.3, 0.4) is 0 Å². The number of benzene rings is 6. The number of hydrogen-bond acceptors (Lipinski definition) is 3. The van der Waals surface area contributed by atoms with E-state index in [4.69, 9.17) is 0 Å². The van der Waals surface area contributed by atoms with Crippen LogP contribution in [0.15, 0.2) is 127 Å². The van der Waals surface area contributed by atoms with Crippen LogP contribution in [0.1, 0.15) is 16.7 Å². The third-order valence-electron chi connectivity index (χ3n) is 8.42. The Hall–Kier alpha value is -6.61. The first kappa shape index (κ1) is 25.1. The van der Waals surface area contributed by atoms with E-state index in [1.54, 1.807) is 12.1 Å². The molecule has 8 aromatic rings. The van der Waals surface area contributed by atoms with E-state index in [-0.39, 0.29) is 0 Å². The molecular weight excluding hydrogens is 538 g/mol. The summed E-state index contributed by atoms with van der Waals surface area (Å²) in [6.45, 7) is 0. The molecule has 5 nitrogen and oxygen atoms in total. The molecule has 0 aliphatic rings. The van der Waals surface area contributed by atoms with Crippen LogP contribution in [-0.2, 0) is 0 Å². The average Bonchev–Trinajstić information content (AvgIpc) is 3.60. The summed E-state index contributed by atoms with van der Waals surface area (Å²) in [7, 11) is 0. The van der Waals surface area contributed by atoms with E-state index >= 15 is 0 Å². The number of para-hydroxylation sites is 2. The molecule has 0 amide bonds. The van der Waals surface area contributed by atoms with Gasteiger partial charge in [-0.05, 0) is 77.9 Å². The Labute approximate surface area is 252 Å². The Kier molecular flexibility index (Phi) is 5.56. The van der Waals surface area contributed by atoms with E-state index in [0.29, 0.717) is 16.7 Å². The summed E-state index contributed by atoms with van der Waals surface area (Å²) in [5, 5.41) is 33.2. The second-order valence-corrected chi connectivity index (χ2v) is 10.8. The molecule has 8 rings (SSSR count). The van der Waals surface area contributed by atoms with Crippen molar-refractivity contribution in [2.45, 2.75) is 0 Å². The van der Waals surface area contributed by atoms with Crippen LogP contribution < -0.4 is 0 Å². The van der Waals surface area contributed by atoms with Gasteiger partial charge in [0, 0.05) is 32.9 Å². The summed E-state index contributed by atoms with van der Waals surface area (Å²) in [4.78, 5) is 0. The number of hydrogen-bond donors (Lipinski definition) is 0. The molecule has 44 heavy (non-hydrogen) atoms. The normalized spacial score (nSPS) is 11.1. The molecule has 0 unspecified atom stereocenters. The maximum absolute atomic E-state index is 9.67. The molecule has 5 heteroatoms. The monoisotopic (exact) mass is 559 g/mol. The van der Waals surface area contributed by atoms with E-state index in [2.05, 4.69) is 94.1 Å². The first-order valence-electron chi connectivity index (χ1n) is 14.2. The number of aromatic nitrogens is 2. The van der Waals surface area contributed by atoms with Gasteiger partial charge in [0.05, 0.1) is 44.8 Å². The molecule has 0 bridgehead atoms. The third-order valence-corrected chi connectivity index (χ3v) is 8.42. The van der Waals surface area contributed by atoms with E-state index in [0.717, 1.165) is 66.1 Å². The fourth-order valence-corrected chi connectivity index (χ4v) is 6.43. The van der Waals surface area contributed by atoms with Gasteiger partial charge in [-0.25, -0.2) is 0 Å². The molecule has 0 saturated carbocycles. The molecule has 0 aliphatic heterocycles. The minimum atomic E-state index is 0.358. The third kappa shape index (κ3) is 3.70. The summed E-state index contributed by atoms with van der Waals surface area (Å²) in [6, 6.07) is 49.4. The van der Waals surface area contributed by atoms with Crippen LogP contribution in [0.4, 0.5) is 0 Å². The van der Waals surface area contributed by atoms with Gasteiger partial charge in [-0.15, -0.1) is 0 Å². The molecule has 0 radical (unpaired) electrons. The van der Waals surface area contributed by atoms with Crippen LogP contribution in [0.2, 0.25) is 0 Å². The Morgan fingerprint density at radius 1 is 0.386 bits per heavy atom. The SMILES string of the molecule is N#Cc1cccc(-n2c3ccccc3c3ccc(-c4ccc5c(c4)c4ccccc4n5-c4ccc(C#N)c(C#N)c4)cc32)c1. The first-order valence-corrected chi connectivity index (χ1v) is 14.2. The second-order valence-electron chi connectivity index (χ2n) is 10.8. The molecule has 6 aromatic carbocycles. The molecule has 2 heterocycles. The lowest BCUT2D eigenvalue weighted by molar-refractivity contribution is 1.17. The summed E-state index contributed by atoms with van der Waals surface area (Å²) in [6.07, 6.45) is 0. The minimum Gasteiger partial charge on any atom is -0.309 e. The molecule has 0 aliphatic carbocycles. The molecule has 0 atom stereocenters. The van der Waals surface area contributed by atoms with Gasteiger partial charge in [-0.2, -0.15) is 15.8 Å². The largest absolute Gasteiger partial charge is 0.309 e. The Morgan fingerprint density at radius 2 is 1.00 bits per heavy atom.